The van der Waals surface area contributed by atoms with Gasteiger partial charge in [-0.25, -0.2) is 8.78 Å². The summed E-state index contributed by atoms with van der Waals surface area (Å²) in [4.78, 5) is 16.9. The molecule has 0 saturated heterocycles. The zero-order chi connectivity index (χ0) is 22.9. The van der Waals surface area contributed by atoms with Crippen molar-refractivity contribution in [1.82, 2.24) is 9.80 Å². The van der Waals surface area contributed by atoms with Crippen LogP contribution in [0.5, 0.6) is 0 Å². The van der Waals surface area contributed by atoms with Crippen LogP contribution in [-0.2, 0) is 24.3 Å². The Morgan fingerprint density at radius 1 is 1.00 bits per heavy atom. The number of amides is 1. The topological polar surface area (TPSA) is 36.7 Å². The largest absolute Gasteiger partial charge is 0.464 e. The summed E-state index contributed by atoms with van der Waals surface area (Å²) in [6.07, 6.45) is 2.41. The molecule has 2 aromatic carbocycles. The summed E-state index contributed by atoms with van der Waals surface area (Å²) in [5, 5.41) is 0. The van der Waals surface area contributed by atoms with Gasteiger partial charge in [0.05, 0.1) is 13.1 Å². The average Bonchev–Trinajstić information content (AvgIpc) is 3.19. The molecule has 4 nitrogen and oxygen atoms in total. The molecule has 0 fully saturated rings. The van der Waals surface area contributed by atoms with E-state index in [-0.39, 0.29) is 12.5 Å². The molecule has 3 rings (SSSR count). The van der Waals surface area contributed by atoms with E-state index in [0.717, 1.165) is 35.6 Å². The molecule has 0 aliphatic carbocycles. The fourth-order valence-corrected chi connectivity index (χ4v) is 3.51. The van der Waals surface area contributed by atoms with Crippen molar-refractivity contribution in [3.63, 3.8) is 0 Å². The van der Waals surface area contributed by atoms with Crippen LogP contribution in [0.2, 0.25) is 0 Å². The summed E-state index contributed by atoms with van der Waals surface area (Å²) < 4.78 is 32.6. The molecule has 32 heavy (non-hydrogen) atoms. The van der Waals surface area contributed by atoms with Crippen LogP contribution in [0.15, 0.2) is 77.7 Å². The second-order valence-corrected chi connectivity index (χ2v) is 7.77. The standard InChI is InChI=1S/C26H28F2N2O2/c1-3-14-29(17-22-10-12-24(27)25(28)16-22)19-26(31)30(18-23-11-9-20(2)32-23)15-13-21-7-5-4-6-8-21/h3-12,16H,1,13-15,17-19H2,2H3. The van der Waals surface area contributed by atoms with Crippen molar-refractivity contribution in [3.05, 3.63) is 108 Å². The lowest BCUT2D eigenvalue weighted by Gasteiger charge is -2.26. The third kappa shape index (κ3) is 6.89. The van der Waals surface area contributed by atoms with E-state index in [1.807, 2.05) is 54.3 Å². The van der Waals surface area contributed by atoms with E-state index >= 15 is 0 Å². The molecule has 3 aromatic rings. The molecule has 1 heterocycles. The Labute approximate surface area is 187 Å². The van der Waals surface area contributed by atoms with E-state index in [1.165, 1.54) is 6.07 Å². The Hall–Kier alpha value is -3.25. The predicted octanol–water partition coefficient (Wildman–Crippen LogP) is 5.13. The van der Waals surface area contributed by atoms with Crippen LogP contribution < -0.4 is 0 Å². The summed E-state index contributed by atoms with van der Waals surface area (Å²) in [5.74, 6) is -0.340. The van der Waals surface area contributed by atoms with Gasteiger partial charge in [0.2, 0.25) is 5.91 Å². The van der Waals surface area contributed by atoms with E-state index < -0.39 is 11.6 Å². The zero-order valence-corrected chi connectivity index (χ0v) is 18.3. The maximum atomic E-state index is 13.6. The summed E-state index contributed by atoms with van der Waals surface area (Å²) >= 11 is 0. The van der Waals surface area contributed by atoms with Gasteiger partial charge in [0.25, 0.3) is 0 Å². The molecule has 168 valence electrons. The molecular formula is C26H28F2N2O2. The minimum absolute atomic E-state index is 0.0700. The van der Waals surface area contributed by atoms with E-state index in [9.17, 15) is 13.6 Å². The van der Waals surface area contributed by atoms with Crippen LogP contribution in [-0.4, -0.2) is 35.3 Å². The van der Waals surface area contributed by atoms with Crippen molar-refractivity contribution in [2.75, 3.05) is 19.6 Å². The third-order valence-corrected chi connectivity index (χ3v) is 5.14. The third-order valence-electron chi connectivity index (χ3n) is 5.14. The van der Waals surface area contributed by atoms with Gasteiger partial charge < -0.3 is 9.32 Å². The van der Waals surface area contributed by atoms with Gasteiger partial charge in [-0.2, -0.15) is 0 Å². The van der Waals surface area contributed by atoms with Crippen LogP contribution >= 0.6 is 0 Å². The minimum atomic E-state index is -0.898. The van der Waals surface area contributed by atoms with Gasteiger partial charge >= 0.3 is 0 Å². The summed E-state index contributed by atoms with van der Waals surface area (Å²) in [7, 11) is 0. The maximum Gasteiger partial charge on any atom is 0.237 e. The number of carbonyl (C=O) groups is 1. The van der Waals surface area contributed by atoms with Crippen LogP contribution in [0.25, 0.3) is 0 Å². The Balaban J connectivity index is 1.71. The molecule has 6 heteroatoms. The first-order valence-electron chi connectivity index (χ1n) is 10.6. The lowest BCUT2D eigenvalue weighted by atomic mass is 10.1. The number of aryl methyl sites for hydroxylation is 1. The van der Waals surface area contributed by atoms with Gasteiger partial charge in [-0.3, -0.25) is 9.69 Å². The molecule has 0 radical (unpaired) electrons. The fraction of sp³-hybridized carbons (Fsp3) is 0.269. The molecule has 0 N–H and O–H groups in total. The van der Waals surface area contributed by atoms with Crippen molar-refractivity contribution in [2.24, 2.45) is 0 Å². The summed E-state index contributed by atoms with van der Waals surface area (Å²) in [6, 6.07) is 17.5. The van der Waals surface area contributed by atoms with Gasteiger partial charge in [0.15, 0.2) is 11.6 Å². The molecule has 0 spiro atoms. The normalized spacial score (nSPS) is 11.0. The van der Waals surface area contributed by atoms with E-state index in [1.54, 1.807) is 11.0 Å². The Bertz CT molecular complexity index is 1030. The van der Waals surface area contributed by atoms with Crippen molar-refractivity contribution < 1.29 is 18.0 Å². The first-order valence-corrected chi connectivity index (χ1v) is 10.6. The van der Waals surface area contributed by atoms with Gasteiger partial charge in [-0.1, -0.05) is 42.5 Å². The maximum absolute atomic E-state index is 13.6. The number of rotatable bonds is 11. The molecule has 0 aliphatic heterocycles. The van der Waals surface area contributed by atoms with E-state index in [2.05, 4.69) is 6.58 Å². The predicted molar refractivity (Wildman–Crippen MR) is 121 cm³/mol. The van der Waals surface area contributed by atoms with Crippen molar-refractivity contribution in [3.8, 4) is 0 Å². The van der Waals surface area contributed by atoms with Crippen LogP contribution in [0.1, 0.15) is 22.6 Å². The molecule has 1 amide bonds. The van der Waals surface area contributed by atoms with E-state index in [4.69, 9.17) is 4.42 Å². The highest BCUT2D eigenvalue weighted by Crippen LogP contribution is 2.14. The van der Waals surface area contributed by atoms with Gasteiger partial charge in [-0.05, 0) is 48.7 Å². The lowest BCUT2D eigenvalue weighted by Crippen LogP contribution is -2.40. The zero-order valence-electron chi connectivity index (χ0n) is 18.3. The van der Waals surface area contributed by atoms with Gasteiger partial charge in [-0.15, -0.1) is 6.58 Å². The Kier molecular flexibility index (Phi) is 8.34. The number of hydrogen-bond donors (Lipinski definition) is 0. The summed E-state index contributed by atoms with van der Waals surface area (Å²) in [5.41, 5.74) is 1.74. The molecule has 0 atom stereocenters. The Morgan fingerprint density at radius 3 is 2.44 bits per heavy atom. The molecule has 0 unspecified atom stereocenters. The van der Waals surface area contributed by atoms with Crippen molar-refractivity contribution >= 4 is 5.91 Å². The number of halogens is 2. The monoisotopic (exact) mass is 438 g/mol. The van der Waals surface area contributed by atoms with Gasteiger partial charge in [0, 0.05) is 19.6 Å². The van der Waals surface area contributed by atoms with Crippen molar-refractivity contribution in [1.29, 1.82) is 0 Å². The highest BCUT2D eigenvalue weighted by Gasteiger charge is 2.19. The second-order valence-electron chi connectivity index (χ2n) is 7.77. The molecule has 1 aromatic heterocycles. The highest BCUT2D eigenvalue weighted by molar-refractivity contribution is 5.78. The first kappa shape index (κ1) is 23.4. The van der Waals surface area contributed by atoms with Crippen LogP contribution in [0.4, 0.5) is 8.78 Å². The van der Waals surface area contributed by atoms with E-state index in [0.29, 0.717) is 31.7 Å². The first-order chi connectivity index (χ1) is 15.4. The van der Waals surface area contributed by atoms with Crippen LogP contribution in [0.3, 0.4) is 0 Å². The second kappa shape index (κ2) is 11.4. The smallest absolute Gasteiger partial charge is 0.237 e. The molecule has 0 saturated carbocycles. The number of hydrogen-bond acceptors (Lipinski definition) is 3. The minimum Gasteiger partial charge on any atom is -0.464 e. The Morgan fingerprint density at radius 2 is 1.78 bits per heavy atom. The van der Waals surface area contributed by atoms with Crippen molar-refractivity contribution in [2.45, 2.75) is 26.4 Å². The molecule has 0 bridgehead atoms. The number of benzene rings is 2. The van der Waals surface area contributed by atoms with Crippen LogP contribution in [0, 0.1) is 18.6 Å². The SMILES string of the molecule is C=CCN(CC(=O)N(CCc1ccccc1)Cc1ccc(C)o1)Cc1ccc(F)c(F)c1. The average molecular weight is 439 g/mol. The lowest BCUT2D eigenvalue weighted by molar-refractivity contribution is -0.133. The van der Waals surface area contributed by atoms with Gasteiger partial charge in [0.1, 0.15) is 11.5 Å². The summed E-state index contributed by atoms with van der Waals surface area (Å²) in [6.45, 7) is 7.40. The number of furan rings is 1. The number of nitrogens with zero attached hydrogens (tertiary/aromatic N) is 2. The molecule has 0 aliphatic rings. The number of carbonyl (C=O) groups excluding carboxylic acids is 1. The quantitative estimate of drug-likeness (QED) is 0.390. The highest BCUT2D eigenvalue weighted by atomic mass is 19.2. The fourth-order valence-electron chi connectivity index (χ4n) is 3.51. The molecular weight excluding hydrogens is 410 g/mol.